The molecule has 0 saturated heterocycles. The van der Waals surface area contributed by atoms with E-state index in [1.165, 1.54) is 17.8 Å². The average molecular weight is 498 g/mol. The van der Waals surface area contributed by atoms with Gasteiger partial charge in [0, 0.05) is 22.9 Å². The molecule has 0 bridgehead atoms. The van der Waals surface area contributed by atoms with E-state index in [9.17, 15) is 14.0 Å². The number of amides is 1. The third-order valence-corrected chi connectivity index (χ3v) is 7.70. The van der Waals surface area contributed by atoms with Crippen molar-refractivity contribution < 1.29 is 18.7 Å². The highest BCUT2D eigenvalue weighted by Gasteiger charge is 2.29. The first-order chi connectivity index (χ1) is 17.6. The number of carbonyl (C=O) groups excluding carboxylic acids is 2. The molecule has 0 radical (unpaired) electrons. The molecule has 1 aliphatic carbocycles. The standard InChI is InChI=1S/C30H24FNO3S/c1-19-14-15-27(31)29(36-28-13-7-2-8-20(28)17-33)25(19)16-32-30(34)35-18-26-23-11-5-3-9-21(23)22-10-4-6-12-24(22)26/h2-15,17,26H,16,18H2,1H3,(H,32,34). The molecule has 1 aliphatic rings. The summed E-state index contributed by atoms with van der Waals surface area (Å²) >= 11 is 1.18. The number of ether oxygens (including phenoxy) is 1. The summed E-state index contributed by atoms with van der Waals surface area (Å²) in [5.74, 6) is -0.444. The SMILES string of the molecule is Cc1ccc(F)c(Sc2ccccc2C=O)c1CNC(=O)OCC1c2ccccc2-c2ccccc21. The maximum atomic E-state index is 14.9. The van der Waals surface area contributed by atoms with Crippen LogP contribution in [0.4, 0.5) is 9.18 Å². The normalized spacial score (nSPS) is 12.1. The lowest BCUT2D eigenvalue weighted by Gasteiger charge is -2.17. The lowest BCUT2D eigenvalue weighted by atomic mass is 9.98. The Kier molecular flexibility index (Phi) is 6.87. The van der Waals surface area contributed by atoms with Crippen molar-refractivity contribution >= 4 is 24.1 Å². The first-order valence-corrected chi connectivity index (χ1v) is 12.5. The summed E-state index contributed by atoms with van der Waals surface area (Å²) < 4.78 is 20.5. The Balaban J connectivity index is 1.29. The largest absolute Gasteiger partial charge is 0.449 e. The molecule has 0 heterocycles. The molecule has 180 valence electrons. The Bertz CT molecular complexity index is 1410. The van der Waals surface area contributed by atoms with Gasteiger partial charge in [-0.2, -0.15) is 0 Å². The Morgan fingerprint density at radius 2 is 1.58 bits per heavy atom. The van der Waals surface area contributed by atoms with Crippen LogP contribution in [-0.2, 0) is 11.3 Å². The van der Waals surface area contributed by atoms with Crippen LogP contribution < -0.4 is 5.32 Å². The van der Waals surface area contributed by atoms with Crippen molar-refractivity contribution in [1.29, 1.82) is 0 Å². The molecule has 0 fully saturated rings. The minimum Gasteiger partial charge on any atom is -0.449 e. The first-order valence-electron chi connectivity index (χ1n) is 11.7. The molecule has 0 saturated carbocycles. The molecule has 0 unspecified atom stereocenters. The van der Waals surface area contributed by atoms with Crippen molar-refractivity contribution in [3.8, 4) is 11.1 Å². The predicted octanol–water partition coefficient (Wildman–Crippen LogP) is 7.14. The van der Waals surface area contributed by atoms with Crippen LogP contribution in [0, 0.1) is 12.7 Å². The van der Waals surface area contributed by atoms with E-state index in [1.807, 2.05) is 31.2 Å². The number of fused-ring (bicyclic) bond motifs is 3. The van der Waals surface area contributed by atoms with Crippen molar-refractivity contribution in [2.24, 2.45) is 0 Å². The van der Waals surface area contributed by atoms with Gasteiger partial charge >= 0.3 is 6.09 Å². The Hall–Kier alpha value is -3.90. The molecule has 1 N–H and O–H groups in total. The summed E-state index contributed by atoms with van der Waals surface area (Å²) in [6, 6.07) is 26.4. The number of nitrogens with one attached hydrogen (secondary N) is 1. The van der Waals surface area contributed by atoms with E-state index in [2.05, 4.69) is 29.6 Å². The molecule has 4 aromatic carbocycles. The van der Waals surface area contributed by atoms with Crippen LogP contribution in [-0.4, -0.2) is 19.0 Å². The average Bonchev–Trinajstić information content (AvgIpc) is 3.23. The Morgan fingerprint density at radius 3 is 2.28 bits per heavy atom. The lowest BCUT2D eigenvalue weighted by Crippen LogP contribution is -2.26. The van der Waals surface area contributed by atoms with Crippen LogP contribution in [0.2, 0.25) is 0 Å². The zero-order valence-corrected chi connectivity index (χ0v) is 20.5. The number of aldehydes is 1. The number of aryl methyl sites for hydroxylation is 1. The van der Waals surface area contributed by atoms with Gasteiger partial charge in [0.1, 0.15) is 12.4 Å². The van der Waals surface area contributed by atoms with Crippen molar-refractivity contribution in [2.45, 2.75) is 29.2 Å². The maximum Gasteiger partial charge on any atom is 0.407 e. The smallest absolute Gasteiger partial charge is 0.407 e. The molecule has 0 aromatic heterocycles. The minimum atomic E-state index is -0.565. The topological polar surface area (TPSA) is 55.4 Å². The van der Waals surface area contributed by atoms with Gasteiger partial charge < -0.3 is 10.1 Å². The maximum absolute atomic E-state index is 14.9. The van der Waals surface area contributed by atoms with Gasteiger partial charge in [0.2, 0.25) is 0 Å². The van der Waals surface area contributed by atoms with E-state index in [0.29, 0.717) is 20.9 Å². The lowest BCUT2D eigenvalue weighted by molar-refractivity contribution is 0.112. The number of halogens is 1. The van der Waals surface area contributed by atoms with Crippen LogP contribution >= 0.6 is 11.8 Å². The molecule has 4 nitrogen and oxygen atoms in total. The molecular weight excluding hydrogens is 473 g/mol. The van der Waals surface area contributed by atoms with Crippen LogP contribution in [0.15, 0.2) is 94.7 Å². The molecule has 5 rings (SSSR count). The van der Waals surface area contributed by atoms with Gasteiger partial charge in [-0.15, -0.1) is 0 Å². The van der Waals surface area contributed by atoms with Gasteiger partial charge in [-0.25, -0.2) is 9.18 Å². The number of hydrogen-bond acceptors (Lipinski definition) is 4. The van der Waals surface area contributed by atoms with Crippen LogP contribution in [0.5, 0.6) is 0 Å². The van der Waals surface area contributed by atoms with Crippen LogP contribution in [0.1, 0.15) is 38.5 Å². The molecule has 6 heteroatoms. The van der Waals surface area contributed by atoms with Crippen LogP contribution in [0.3, 0.4) is 0 Å². The van der Waals surface area contributed by atoms with Gasteiger partial charge in [-0.3, -0.25) is 4.79 Å². The first kappa shape index (κ1) is 23.8. The van der Waals surface area contributed by atoms with E-state index in [-0.39, 0.29) is 19.1 Å². The van der Waals surface area contributed by atoms with Gasteiger partial charge in [0.15, 0.2) is 6.29 Å². The molecule has 36 heavy (non-hydrogen) atoms. The fourth-order valence-corrected chi connectivity index (χ4v) is 5.74. The highest BCUT2D eigenvalue weighted by atomic mass is 32.2. The number of hydrogen-bond donors (Lipinski definition) is 1. The van der Waals surface area contributed by atoms with E-state index < -0.39 is 11.9 Å². The van der Waals surface area contributed by atoms with Crippen molar-refractivity contribution in [3.63, 3.8) is 0 Å². The van der Waals surface area contributed by atoms with Crippen molar-refractivity contribution in [1.82, 2.24) is 5.32 Å². The van der Waals surface area contributed by atoms with Gasteiger partial charge in [-0.05, 0) is 52.4 Å². The van der Waals surface area contributed by atoms with E-state index >= 15 is 0 Å². The molecule has 0 spiro atoms. The van der Waals surface area contributed by atoms with E-state index in [1.54, 1.807) is 30.3 Å². The van der Waals surface area contributed by atoms with Gasteiger partial charge in [0.05, 0.1) is 4.90 Å². The Labute approximate surface area is 213 Å². The summed E-state index contributed by atoms with van der Waals surface area (Å²) in [4.78, 5) is 25.1. The monoisotopic (exact) mass is 497 g/mol. The summed E-state index contributed by atoms with van der Waals surface area (Å²) in [6.45, 7) is 2.17. The Morgan fingerprint density at radius 1 is 0.944 bits per heavy atom. The quantitative estimate of drug-likeness (QED) is 0.276. The zero-order chi connectivity index (χ0) is 25.1. The summed E-state index contributed by atoms with van der Waals surface area (Å²) in [5, 5.41) is 2.78. The van der Waals surface area contributed by atoms with E-state index in [0.717, 1.165) is 34.1 Å². The van der Waals surface area contributed by atoms with E-state index in [4.69, 9.17) is 4.74 Å². The van der Waals surface area contributed by atoms with Gasteiger partial charge in [-0.1, -0.05) is 84.6 Å². The fraction of sp³-hybridized carbons (Fsp3) is 0.133. The molecule has 4 aromatic rings. The number of benzene rings is 4. The molecule has 1 amide bonds. The minimum absolute atomic E-state index is 0.0370. The third-order valence-electron chi connectivity index (χ3n) is 6.46. The number of rotatable bonds is 7. The number of alkyl carbamates (subject to hydrolysis) is 1. The zero-order valence-electron chi connectivity index (χ0n) is 19.7. The summed E-state index contributed by atoms with van der Waals surface area (Å²) in [6.07, 6.45) is 0.190. The van der Waals surface area contributed by atoms with Crippen molar-refractivity contribution in [3.05, 3.63) is 119 Å². The molecule has 0 aliphatic heterocycles. The second kappa shape index (κ2) is 10.4. The highest BCUT2D eigenvalue weighted by molar-refractivity contribution is 7.99. The fourth-order valence-electron chi connectivity index (χ4n) is 4.62. The summed E-state index contributed by atoms with van der Waals surface area (Å²) in [5.41, 5.74) is 6.57. The van der Waals surface area contributed by atoms with Crippen LogP contribution in [0.25, 0.3) is 11.1 Å². The predicted molar refractivity (Wildman–Crippen MR) is 139 cm³/mol. The summed E-state index contributed by atoms with van der Waals surface area (Å²) in [7, 11) is 0. The van der Waals surface area contributed by atoms with Crippen molar-refractivity contribution in [2.75, 3.05) is 6.61 Å². The second-order valence-electron chi connectivity index (χ2n) is 8.61. The second-order valence-corrected chi connectivity index (χ2v) is 9.66. The highest BCUT2D eigenvalue weighted by Crippen LogP contribution is 2.44. The van der Waals surface area contributed by atoms with Gasteiger partial charge in [0.25, 0.3) is 0 Å². The third kappa shape index (κ3) is 4.64. The molecular formula is C30H24FNO3S. The number of carbonyl (C=O) groups is 2. The molecule has 0 atom stereocenters.